The van der Waals surface area contributed by atoms with Crippen molar-refractivity contribution in [2.45, 2.75) is 37.8 Å². The van der Waals surface area contributed by atoms with Crippen LogP contribution in [-0.4, -0.2) is 17.6 Å². The zero-order chi connectivity index (χ0) is 14.9. The molecule has 1 aliphatic rings. The number of hydrogen-bond acceptors (Lipinski definition) is 3. The maximum Gasteiger partial charge on any atom is 0.573 e. The van der Waals surface area contributed by atoms with Gasteiger partial charge in [-0.1, -0.05) is 12.5 Å². The minimum atomic E-state index is -4.95. The van der Waals surface area contributed by atoms with Crippen LogP contribution in [0.3, 0.4) is 0 Å². The first-order valence-electron chi connectivity index (χ1n) is 6.27. The van der Waals surface area contributed by atoms with Gasteiger partial charge in [-0.25, -0.2) is 4.39 Å². The van der Waals surface area contributed by atoms with Crippen LogP contribution >= 0.6 is 12.4 Å². The molecule has 0 saturated heterocycles. The molecule has 0 bridgehead atoms. The van der Waals surface area contributed by atoms with Crippen LogP contribution in [0.25, 0.3) is 0 Å². The summed E-state index contributed by atoms with van der Waals surface area (Å²) in [6.45, 7) is 0. The van der Waals surface area contributed by atoms with Crippen molar-refractivity contribution in [2.75, 3.05) is 0 Å². The Kier molecular flexibility index (Phi) is 5.83. The van der Waals surface area contributed by atoms with Crippen LogP contribution in [0.5, 0.6) is 5.75 Å². The van der Waals surface area contributed by atoms with E-state index in [1.54, 1.807) is 0 Å². The maximum atomic E-state index is 13.5. The van der Waals surface area contributed by atoms with Gasteiger partial charge >= 0.3 is 6.36 Å². The highest BCUT2D eigenvalue weighted by Crippen LogP contribution is 2.35. The molecule has 3 nitrogen and oxygen atoms in total. The number of alkyl halides is 3. The molecule has 0 unspecified atom stereocenters. The van der Waals surface area contributed by atoms with Crippen molar-refractivity contribution in [2.24, 2.45) is 11.7 Å². The minimum Gasteiger partial charge on any atom is -0.403 e. The zero-order valence-corrected chi connectivity index (χ0v) is 11.8. The van der Waals surface area contributed by atoms with E-state index in [1.165, 1.54) is 6.07 Å². The molecule has 120 valence electrons. The second-order valence-corrected chi connectivity index (χ2v) is 4.95. The molecule has 1 aliphatic carbocycles. The lowest BCUT2D eigenvalue weighted by molar-refractivity contribution is -0.275. The summed E-state index contributed by atoms with van der Waals surface area (Å²) in [5, 5.41) is 9.98. The summed E-state index contributed by atoms with van der Waals surface area (Å²) >= 11 is 0. The Balaban J connectivity index is 0.00000220. The van der Waals surface area contributed by atoms with E-state index >= 15 is 0 Å². The molecule has 2 atom stereocenters. The Labute approximate surface area is 125 Å². The lowest BCUT2D eigenvalue weighted by atomic mass is 9.77. The monoisotopic (exact) mass is 329 g/mol. The van der Waals surface area contributed by atoms with Gasteiger partial charge in [-0.2, -0.15) is 0 Å². The second-order valence-electron chi connectivity index (χ2n) is 4.95. The van der Waals surface area contributed by atoms with Gasteiger partial charge in [0.2, 0.25) is 0 Å². The second kappa shape index (κ2) is 6.81. The van der Waals surface area contributed by atoms with Gasteiger partial charge in [0, 0.05) is 0 Å². The van der Waals surface area contributed by atoms with Gasteiger partial charge in [0.25, 0.3) is 0 Å². The molecule has 0 amide bonds. The van der Waals surface area contributed by atoms with Crippen LogP contribution in [-0.2, 0) is 0 Å². The van der Waals surface area contributed by atoms with E-state index in [1.807, 2.05) is 0 Å². The van der Waals surface area contributed by atoms with Crippen molar-refractivity contribution in [1.82, 2.24) is 0 Å². The van der Waals surface area contributed by atoms with Gasteiger partial charge in [-0.3, -0.25) is 0 Å². The summed E-state index contributed by atoms with van der Waals surface area (Å²) in [5.41, 5.74) is 6.06. The highest BCUT2D eigenvalue weighted by atomic mass is 35.5. The topological polar surface area (TPSA) is 55.5 Å². The number of benzene rings is 1. The highest BCUT2D eigenvalue weighted by molar-refractivity contribution is 5.85. The number of aliphatic hydroxyl groups is 1. The molecule has 1 aromatic rings. The van der Waals surface area contributed by atoms with Crippen LogP contribution in [0.1, 0.15) is 30.9 Å². The molecule has 0 radical (unpaired) electrons. The van der Waals surface area contributed by atoms with Crippen LogP contribution in [0, 0.1) is 11.7 Å². The van der Waals surface area contributed by atoms with E-state index < -0.39 is 30.1 Å². The molecule has 8 heteroatoms. The van der Waals surface area contributed by atoms with Crippen molar-refractivity contribution >= 4 is 12.4 Å². The summed E-state index contributed by atoms with van der Waals surface area (Å²) in [6, 6.07) is 2.14. The molecule has 0 heterocycles. The van der Waals surface area contributed by atoms with Gasteiger partial charge in [0.1, 0.15) is 0 Å². The lowest BCUT2D eigenvalue weighted by Gasteiger charge is -2.33. The predicted octanol–water partition coefficient (Wildman–Crippen LogP) is 3.31. The molecule has 0 aliphatic heterocycles. The molecule has 2 rings (SSSR count). The van der Waals surface area contributed by atoms with E-state index in [0.29, 0.717) is 0 Å². The molecular formula is C13H16ClF4NO2. The quantitative estimate of drug-likeness (QED) is 0.833. The summed E-state index contributed by atoms with van der Waals surface area (Å²) in [7, 11) is 0. The van der Waals surface area contributed by atoms with Gasteiger partial charge in [-0.05, 0) is 36.5 Å². The van der Waals surface area contributed by atoms with Crippen molar-refractivity contribution in [3.05, 3.63) is 29.6 Å². The smallest absolute Gasteiger partial charge is 0.403 e. The Hall–Kier alpha value is -1.05. The molecule has 21 heavy (non-hydrogen) atoms. The Morgan fingerprint density at radius 1 is 1.29 bits per heavy atom. The predicted molar refractivity (Wildman–Crippen MR) is 70.6 cm³/mol. The molecule has 1 aromatic carbocycles. The van der Waals surface area contributed by atoms with E-state index in [9.17, 15) is 22.7 Å². The minimum absolute atomic E-state index is 0. The molecule has 1 fully saturated rings. The fourth-order valence-corrected chi connectivity index (χ4v) is 2.20. The molecule has 0 aromatic heterocycles. The van der Waals surface area contributed by atoms with E-state index in [0.717, 1.165) is 31.4 Å². The van der Waals surface area contributed by atoms with E-state index in [4.69, 9.17) is 5.73 Å². The van der Waals surface area contributed by atoms with Crippen LogP contribution in [0.4, 0.5) is 17.6 Å². The third-order valence-corrected chi connectivity index (χ3v) is 3.57. The zero-order valence-electron chi connectivity index (χ0n) is 10.9. The van der Waals surface area contributed by atoms with Crippen molar-refractivity contribution < 1.29 is 27.4 Å². The number of ether oxygens (including phenoxy) is 1. The highest BCUT2D eigenvalue weighted by Gasteiger charge is 2.33. The molecule has 3 N–H and O–H groups in total. The van der Waals surface area contributed by atoms with Gasteiger partial charge < -0.3 is 15.6 Å². The summed E-state index contributed by atoms with van der Waals surface area (Å²) in [4.78, 5) is 0. The normalized spacial score (nSPS) is 18.4. The SMILES string of the molecule is Cl.N[C@@H](c1ccc(OC(F)(F)F)c(F)c1)[C@H](O)C1CCC1. The first-order valence-corrected chi connectivity index (χ1v) is 6.27. The average molecular weight is 330 g/mol. The first-order chi connectivity index (χ1) is 9.28. The van der Waals surface area contributed by atoms with Crippen LogP contribution in [0.2, 0.25) is 0 Å². The number of nitrogens with two attached hydrogens (primary N) is 1. The third kappa shape index (κ3) is 4.46. The van der Waals surface area contributed by atoms with Gasteiger partial charge in [0.15, 0.2) is 11.6 Å². The van der Waals surface area contributed by atoms with Crippen molar-refractivity contribution in [1.29, 1.82) is 0 Å². The average Bonchev–Trinajstić information content (AvgIpc) is 2.27. The van der Waals surface area contributed by atoms with Gasteiger partial charge in [-0.15, -0.1) is 25.6 Å². The summed E-state index contributed by atoms with van der Waals surface area (Å²) < 4.78 is 53.1. The third-order valence-electron chi connectivity index (χ3n) is 3.57. The Morgan fingerprint density at radius 3 is 2.33 bits per heavy atom. The summed E-state index contributed by atoms with van der Waals surface area (Å²) in [6.07, 6.45) is -3.05. The van der Waals surface area contributed by atoms with Crippen LogP contribution in [0.15, 0.2) is 18.2 Å². The fourth-order valence-electron chi connectivity index (χ4n) is 2.20. The maximum absolute atomic E-state index is 13.5. The number of halogens is 5. The largest absolute Gasteiger partial charge is 0.573 e. The molecule has 1 saturated carbocycles. The molecule has 0 spiro atoms. The van der Waals surface area contributed by atoms with Crippen molar-refractivity contribution in [3.8, 4) is 5.75 Å². The number of hydrogen-bond donors (Lipinski definition) is 2. The van der Waals surface area contributed by atoms with Gasteiger partial charge in [0.05, 0.1) is 12.1 Å². The lowest BCUT2D eigenvalue weighted by Crippen LogP contribution is -2.36. The first kappa shape index (κ1) is 18.0. The number of rotatable bonds is 4. The summed E-state index contributed by atoms with van der Waals surface area (Å²) in [5.74, 6) is -2.00. The number of aliphatic hydroxyl groups excluding tert-OH is 1. The fraction of sp³-hybridized carbons (Fsp3) is 0.538. The van der Waals surface area contributed by atoms with Crippen LogP contribution < -0.4 is 10.5 Å². The molecular weight excluding hydrogens is 314 g/mol. The Bertz CT molecular complexity index is 480. The van der Waals surface area contributed by atoms with E-state index in [2.05, 4.69) is 4.74 Å². The standard InChI is InChI=1S/C13H15F4NO2.ClH/c14-9-6-8(4-5-10(9)20-13(15,16)17)11(18)12(19)7-2-1-3-7;/h4-7,11-12,19H,1-3,18H2;1H/t11-,12+;/m0./s1. The van der Waals surface area contributed by atoms with Crippen molar-refractivity contribution in [3.63, 3.8) is 0 Å². The van der Waals surface area contributed by atoms with E-state index in [-0.39, 0.29) is 23.9 Å². The Morgan fingerprint density at radius 2 is 1.90 bits per heavy atom.